The lowest BCUT2D eigenvalue weighted by Gasteiger charge is -2.29. The molecular weight excluding hydrogens is 332 g/mol. The Hall–Kier alpha value is -2.76. The zero-order valence-electron chi connectivity index (χ0n) is 16.1. The van der Waals surface area contributed by atoms with Crippen LogP contribution in [0.2, 0.25) is 0 Å². The van der Waals surface area contributed by atoms with Crippen LogP contribution in [0.3, 0.4) is 0 Å². The van der Waals surface area contributed by atoms with Crippen LogP contribution in [0.25, 0.3) is 10.8 Å². The second-order valence-electron chi connectivity index (χ2n) is 8.05. The minimum absolute atomic E-state index is 0.381. The molecule has 0 aliphatic heterocycles. The number of anilines is 2. The summed E-state index contributed by atoms with van der Waals surface area (Å²) in [6, 6.07) is 10.5. The Balaban J connectivity index is 2.57. The number of nitrogen functional groups attached to an aromatic ring is 1. The van der Waals surface area contributed by atoms with Gasteiger partial charge in [-0.2, -0.15) is 4.90 Å². The van der Waals surface area contributed by atoms with Crippen molar-refractivity contribution < 1.29 is 19.1 Å². The van der Waals surface area contributed by atoms with Gasteiger partial charge in [-0.25, -0.2) is 9.59 Å². The minimum atomic E-state index is -0.795. The molecule has 0 saturated heterocycles. The van der Waals surface area contributed by atoms with Gasteiger partial charge < -0.3 is 15.2 Å². The number of ether oxygens (including phenoxy) is 2. The summed E-state index contributed by atoms with van der Waals surface area (Å²) in [5, 5.41) is 1.50. The van der Waals surface area contributed by atoms with Gasteiger partial charge >= 0.3 is 12.2 Å². The van der Waals surface area contributed by atoms with E-state index in [1.165, 1.54) is 0 Å². The molecule has 2 N–H and O–H groups in total. The number of hydrogen-bond acceptors (Lipinski definition) is 5. The van der Waals surface area contributed by atoms with Crippen molar-refractivity contribution in [3.63, 3.8) is 0 Å². The number of hydrogen-bond donors (Lipinski definition) is 1. The maximum atomic E-state index is 12.8. The lowest BCUT2D eigenvalue weighted by atomic mass is 10.1. The van der Waals surface area contributed by atoms with Gasteiger partial charge in [0.2, 0.25) is 0 Å². The van der Waals surface area contributed by atoms with E-state index in [0.29, 0.717) is 16.8 Å². The van der Waals surface area contributed by atoms with E-state index in [1.807, 2.05) is 6.07 Å². The second kappa shape index (κ2) is 6.86. The standard InChI is InChI=1S/C20H26N2O4/c1-19(2,3)25-17(23)22(18(24)26-20(4,5)6)16-9-7-8-13-12-14(21)10-11-15(13)16/h7-12H,21H2,1-6H3. The molecule has 0 saturated carbocycles. The third kappa shape index (κ3) is 4.88. The van der Waals surface area contributed by atoms with Gasteiger partial charge in [-0.1, -0.05) is 18.2 Å². The molecule has 0 unspecified atom stereocenters. The molecular formula is C20H26N2O4. The Kier molecular flexibility index (Phi) is 5.16. The molecule has 6 nitrogen and oxygen atoms in total. The lowest BCUT2D eigenvalue weighted by Crippen LogP contribution is -2.43. The fraction of sp³-hybridized carbons (Fsp3) is 0.400. The van der Waals surface area contributed by atoms with Gasteiger partial charge in [-0.15, -0.1) is 0 Å². The van der Waals surface area contributed by atoms with Gasteiger partial charge in [0, 0.05) is 11.1 Å². The summed E-state index contributed by atoms with van der Waals surface area (Å²) in [6.45, 7) is 10.4. The average Bonchev–Trinajstić information content (AvgIpc) is 2.43. The molecule has 0 aromatic heterocycles. The minimum Gasteiger partial charge on any atom is -0.443 e. The molecule has 0 spiro atoms. The SMILES string of the molecule is CC(C)(C)OC(=O)N(C(=O)OC(C)(C)C)c1cccc2cc(N)ccc12. The third-order valence-electron chi connectivity index (χ3n) is 3.27. The lowest BCUT2D eigenvalue weighted by molar-refractivity contribution is 0.0431. The normalized spacial score (nSPS) is 11.9. The van der Waals surface area contributed by atoms with Crippen LogP contribution in [0.15, 0.2) is 36.4 Å². The van der Waals surface area contributed by atoms with E-state index < -0.39 is 23.4 Å². The Morgan fingerprint density at radius 2 is 1.42 bits per heavy atom. The summed E-state index contributed by atoms with van der Waals surface area (Å²) in [5.74, 6) is 0. The van der Waals surface area contributed by atoms with Crippen molar-refractivity contribution in [3.8, 4) is 0 Å². The van der Waals surface area contributed by atoms with Crippen molar-refractivity contribution in [2.45, 2.75) is 52.7 Å². The second-order valence-corrected chi connectivity index (χ2v) is 8.05. The van der Waals surface area contributed by atoms with Crippen molar-refractivity contribution in [1.29, 1.82) is 0 Å². The predicted octanol–water partition coefficient (Wildman–Crippen LogP) is 5.10. The highest BCUT2D eigenvalue weighted by atomic mass is 16.6. The molecule has 0 fully saturated rings. The molecule has 140 valence electrons. The number of fused-ring (bicyclic) bond motifs is 1. The molecule has 2 amide bonds. The van der Waals surface area contributed by atoms with Gasteiger partial charge in [-0.3, -0.25) is 0 Å². The van der Waals surface area contributed by atoms with E-state index in [-0.39, 0.29) is 0 Å². The quantitative estimate of drug-likeness (QED) is 0.717. The van der Waals surface area contributed by atoms with Crippen LogP contribution in [0.1, 0.15) is 41.5 Å². The Bertz CT molecular complexity index is 804. The van der Waals surface area contributed by atoms with Crippen LogP contribution in [0, 0.1) is 0 Å². The van der Waals surface area contributed by atoms with Crippen molar-refractivity contribution in [2.75, 3.05) is 10.6 Å². The van der Waals surface area contributed by atoms with Gasteiger partial charge in [0.15, 0.2) is 0 Å². The number of nitrogens with two attached hydrogens (primary N) is 1. The zero-order chi connectivity index (χ0) is 19.7. The van der Waals surface area contributed by atoms with Gasteiger partial charge in [0.05, 0.1) is 5.69 Å². The molecule has 0 aliphatic carbocycles. The maximum Gasteiger partial charge on any atom is 0.424 e. The molecule has 0 heterocycles. The van der Waals surface area contributed by atoms with Gasteiger partial charge in [0.1, 0.15) is 11.2 Å². The number of nitrogens with zero attached hydrogens (tertiary/aromatic N) is 1. The first-order chi connectivity index (χ1) is 11.9. The zero-order valence-corrected chi connectivity index (χ0v) is 16.1. The number of carbonyl (C=O) groups is 2. The van der Waals surface area contributed by atoms with Gasteiger partial charge in [-0.05, 0) is 65.1 Å². The molecule has 0 radical (unpaired) electrons. The first-order valence-corrected chi connectivity index (χ1v) is 8.42. The molecule has 0 bridgehead atoms. The summed E-state index contributed by atoms with van der Waals surface area (Å²) in [7, 11) is 0. The van der Waals surface area contributed by atoms with E-state index in [4.69, 9.17) is 15.2 Å². The summed E-state index contributed by atoms with van der Waals surface area (Å²) in [5.41, 5.74) is 5.30. The summed E-state index contributed by atoms with van der Waals surface area (Å²) in [4.78, 5) is 26.5. The highest BCUT2D eigenvalue weighted by Crippen LogP contribution is 2.30. The Labute approximate surface area is 153 Å². The summed E-state index contributed by atoms with van der Waals surface area (Å²) < 4.78 is 10.8. The summed E-state index contributed by atoms with van der Waals surface area (Å²) in [6.07, 6.45) is -1.59. The number of benzene rings is 2. The fourth-order valence-electron chi connectivity index (χ4n) is 2.37. The smallest absolute Gasteiger partial charge is 0.424 e. The van der Waals surface area contributed by atoms with Crippen LogP contribution in [-0.2, 0) is 9.47 Å². The van der Waals surface area contributed by atoms with Crippen LogP contribution in [0.5, 0.6) is 0 Å². The Morgan fingerprint density at radius 3 is 1.92 bits per heavy atom. The highest BCUT2D eigenvalue weighted by molar-refractivity contribution is 6.15. The van der Waals surface area contributed by atoms with Crippen LogP contribution in [0.4, 0.5) is 21.0 Å². The van der Waals surface area contributed by atoms with Crippen molar-refractivity contribution in [1.82, 2.24) is 0 Å². The topological polar surface area (TPSA) is 81.9 Å². The summed E-state index contributed by atoms with van der Waals surface area (Å²) >= 11 is 0. The monoisotopic (exact) mass is 358 g/mol. The van der Waals surface area contributed by atoms with Crippen molar-refractivity contribution in [3.05, 3.63) is 36.4 Å². The van der Waals surface area contributed by atoms with Crippen LogP contribution < -0.4 is 10.6 Å². The fourth-order valence-corrected chi connectivity index (χ4v) is 2.37. The maximum absolute atomic E-state index is 12.8. The van der Waals surface area contributed by atoms with Crippen molar-refractivity contribution in [2.24, 2.45) is 0 Å². The highest BCUT2D eigenvalue weighted by Gasteiger charge is 2.33. The molecule has 2 rings (SSSR count). The molecule has 26 heavy (non-hydrogen) atoms. The molecule has 0 atom stereocenters. The average molecular weight is 358 g/mol. The Morgan fingerprint density at radius 1 is 0.885 bits per heavy atom. The number of imide groups is 1. The first-order valence-electron chi connectivity index (χ1n) is 8.42. The van der Waals surface area contributed by atoms with E-state index in [1.54, 1.807) is 71.9 Å². The molecule has 2 aromatic carbocycles. The van der Waals surface area contributed by atoms with E-state index >= 15 is 0 Å². The first kappa shape index (κ1) is 19.6. The van der Waals surface area contributed by atoms with E-state index in [9.17, 15) is 9.59 Å². The number of rotatable bonds is 1. The van der Waals surface area contributed by atoms with E-state index in [0.717, 1.165) is 10.3 Å². The van der Waals surface area contributed by atoms with Crippen LogP contribution >= 0.6 is 0 Å². The predicted molar refractivity (Wildman–Crippen MR) is 103 cm³/mol. The largest absolute Gasteiger partial charge is 0.443 e. The number of carbonyl (C=O) groups excluding carboxylic acids is 2. The number of amides is 2. The van der Waals surface area contributed by atoms with Crippen LogP contribution in [-0.4, -0.2) is 23.4 Å². The molecule has 2 aromatic rings. The van der Waals surface area contributed by atoms with Gasteiger partial charge in [0.25, 0.3) is 0 Å². The molecule has 0 aliphatic rings. The van der Waals surface area contributed by atoms with E-state index in [2.05, 4.69) is 0 Å². The molecule has 6 heteroatoms. The third-order valence-corrected chi connectivity index (χ3v) is 3.27. The van der Waals surface area contributed by atoms with Crippen molar-refractivity contribution >= 4 is 34.3 Å².